The minimum absolute atomic E-state index is 0.886. The topological polar surface area (TPSA) is 18.1 Å². The van der Waals surface area contributed by atoms with Crippen LogP contribution in [0.5, 0.6) is 0 Å². The number of allylic oxidation sites excluding steroid dienone is 8. The smallest absolute Gasteiger partial charge is 0.135 e. The van der Waals surface area contributed by atoms with Crippen molar-refractivity contribution in [2.24, 2.45) is 0 Å². The van der Waals surface area contributed by atoms with Crippen molar-refractivity contribution in [3.8, 4) is 0 Å². The molecular weight excluding hydrogens is 426 g/mol. The maximum Gasteiger partial charge on any atom is 0.135 e. The van der Waals surface area contributed by atoms with E-state index in [0.29, 0.717) is 0 Å². The number of hydrogen-bond donors (Lipinski definition) is 0. The van der Waals surface area contributed by atoms with Crippen molar-refractivity contribution in [1.29, 1.82) is 0 Å². The van der Waals surface area contributed by atoms with E-state index in [1.54, 1.807) is 0 Å². The van der Waals surface area contributed by atoms with E-state index in [0.717, 1.165) is 28.4 Å². The number of rotatable bonds is 4. The van der Waals surface area contributed by atoms with E-state index < -0.39 is 0 Å². The lowest BCUT2D eigenvalue weighted by molar-refractivity contribution is 0.669. The first-order valence-electron chi connectivity index (χ1n) is 12.1. The van der Waals surface area contributed by atoms with E-state index in [1.807, 2.05) is 31.2 Å². The summed E-state index contributed by atoms with van der Waals surface area (Å²) in [7, 11) is 0. The highest BCUT2D eigenvalue weighted by Gasteiger charge is 2.17. The van der Waals surface area contributed by atoms with Gasteiger partial charge in [-0.2, -0.15) is 0 Å². The fraction of sp³-hybridized carbons (Fsp3) is 0.0909. The number of benzene rings is 3. The van der Waals surface area contributed by atoms with Crippen molar-refractivity contribution in [2.45, 2.75) is 20.3 Å². The minimum Gasteiger partial charge on any atom is -0.456 e. The van der Waals surface area contributed by atoms with Gasteiger partial charge in [0.25, 0.3) is 0 Å². The van der Waals surface area contributed by atoms with Gasteiger partial charge in [0.2, 0.25) is 0 Å². The summed E-state index contributed by atoms with van der Waals surface area (Å²) in [6.07, 6.45) is 20.2. The Morgan fingerprint density at radius 3 is 2.57 bits per heavy atom. The Kier molecular flexibility index (Phi) is 5.35. The van der Waals surface area contributed by atoms with E-state index >= 15 is 0 Å². The van der Waals surface area contributed by atoms with Crippen molar-refractivity contribution < 1.29 is 4.42 Å². The first-order chi connectivity index (χ1) is 17.2. The minimum atomic E-state index is 0.886. The summed E-state index contributed by atoms with van der Waals surface area (Å²) in [6, 6.07) is 21.5. The molecule has 1 aliphatic carbocycles. The van der Waals surface area contributed by atoms with Crippen LogP contribution in [0.2, 0.25) is 0 Å². The molecule has 0 bridgehead atoms. The average molecular weight is 454 g/mol. The summed E-state index contributed by atoms with van der Waals surface area (Å²) in [5.41, 5.74) is 9.44. The second kappa shape index (κ2) is 8.81. The van der Waals surface area contributed by atoms with Gasteiger partial charge in [-0.1, -0.05) is 72.4 Å². The second-order valence-corrected chi connectivity index (χ2v) is 9.01. The lowest BCUT2D eigenvalue weighted by Crippen LogP contribution is -1.90. The summed E-state index contributed by atoms with van der Waals surface area (Å²) in [5, 5.41) is 3.64. The molecular formula is C33H27NO. The Bertz CT molecular complexity index is 1730. The molecule has 0 saturated heterocycles. The third-order valence-corrected chi connectivity index (χ3v) is 6.72. The number of furan rings is 1. The lowest BCUT2D eigenvalue weighted by atomic mass is 10.0. The van der Waals surface area contributed by atoms with Crippen LogP contribution in [0.3, 0.4) is 0 Å². The summed E-state index contributed by atoms with van der Waals surface area (Å²) < 4.78 is 8.35. The van der Waals surface area contributed by atoms with E-state index in [1.165, 1.54) is 38.9 Å². The molecule has 0 saturated carbocycles. The second-order valence-electron chi connectivity index (χ2n) is 9.01. The summed E-state index contributed by atoms with van der Waals surface area (Å²) >= 11 is 0. The van der Waals surface area contributed by atoms with Gasteiger partial charge in [0, 0.05) is 28.1 Å². The molecule has 0 aliphatic heterocycles. The van der Waals surface area contributed by atoms with Gasteiger partial charge < -0.3 is 8.98 Å². The fourth-order valence-corrected chi connectivity index (χ4v) is 5.01. The van der Waals surface area contributed by atoms with Gasteiger partial charge >= 0.3 is 0 Å². The molecule has 170 valence electrons. The van der Waals surface area contributed by atoms with Gasteiger partial charge in [-0.15, -0.1) is 0 Å². The zero-order chi connectivity index (χ0) is 23.8. The number of aromatic nitrogens is 1. The van der Waals surface area contributed by atoms with Crippen molar-refractivity contribution in [3.63, 3.8) is 0 Å². The summed E-state index contributed by atoms with van der Waals surface area (Å²) in [6.45, 7) is 4.19. The van der Waals surface area contributed by atoms with Crippen LogP contribution in [0.4, 0.5) is 0 Å². The van der Waals surface area contributed by atoms with Gasteiger partial charge in [-0.25, -0.2) is 0 Å². The zero-order valence-electron chi connectivity index (χ0n) is 20.0. The molecule has 2 heteroatoms. The molecule has 2 aromatic heterocycles. The fourth-order valence-electron chi connectivity index (χ4n) is 5.01. The van der Waals surface area contributed by atoms with Crippen molar-refractivity contribution in [1.82, 2.24) is 4.57 Å². The molecule has 2 heterocycles. The van der Waals surface area contributed by atoms with Crippen molar-refractivity contribution in [2.75, 3.05) is 0 Å². The number of hydrogen-bond acceptors (Lipinski definition) is 1. The third kappa shape index (κ3) is 3.77. The van der Waals surface area contributed by atoms with Crippen molar-refractivity contribution in [3.05, 3.63) is 126 Å². The highest BCUT2D eigenvalue weighted by Crippen LogP contribution is 2.35. The molecule has 0 fully saturated rings. The van der Waals surface area contributed by atoms with Crippen LogP contribution < -0.4 is 0 Å². The first kappa shape index (κ1) is 21.2. The predicted octanol–water partition coefficient (Wildman–Crippen LogP) is 9.11. The Morgan fingerprint density at radius 1 is 0.800 bits per heavy atom. The molecule has 1 aliphatic rings. The normalized spacial score (nSPS) is 14.2. The van der Waals surface area contributed by atoms with Crippen LogP contribution in [0.25, 0.3) is 50.7 Å². The number of nitrogens with zero attached hydrogens (tertiary/aromatic N) is 1. The molecule has 0 spiro atoms. The van der Waals surface area contributed by atoms with E-state index in [4.69, 9.17) is 4.42 Å². The molecule has 3 aromatic carbocycles. The van der Waals surface area contributed by atoms with Crippen LogP contribution in [0.15, 0.2) is 108 Å². The molecule has 35 heavy (non-hydrogen) atoms. The van der Waals surface area contributed by atoms with Gasteiger partial charge in [-0.3, -0.25) is 0 Å². The Hall–Kier alpha value is -4.30. The highest BCUT2D eigenvalue weighted by atomic mass is 16.3. The van der Waals surface area contributed by atoms with Crippen LogP contribution in [0, 0.1) is 6.92 Å². The van der Waals surface area contributed by atoms with Crippen LogP contribution in [-0.4, -0.2) is 4.57 Å². The van der Waals surface area contributed by atoms with Crippen molar-refractivity contribution >= 4 is 50.7 Å². The molecule has 5 aromatic rings. The molecule has 0 N–H and O–H groups in total. The van der Waals surface area contributed by atoms with Crippen LogP contribution >= 0.6 is 0 Å². The van der Waals surface area contributed by atoms with E-state index in [-0.39, 0.29) is 0 Å². The maximum absolute atomic E-state index is 6.04. The standard InChI is InChI=1S/C33H27NO/c1-3-4-5-6-9-20-34-30-18-14-24(13-16-26(30)28-21-23(2)12-17-31(28)34)25-15-19-33-29(22-25)27-10-7-8-11-32(27)35-33/h3-15,17-22H,16H2,1-2H3/b4-3-,6-5-,20-9+. The Labute approximate surface area is 205 Å². The van der Waals surface area contributed by atoms with Gasteiger partial charge in [0.05, 0.1) is 5.52 Å². The third-order valence-electron chi connectivity index (χ3n) is 6.72. The average Bonchev–Trinajstić information content (AvgIpc) is 3.28. The van der Waals surface area contributed by atoms with Gasteiger partial charge in [0.15, 0.2) is 0 Å². The van der Waals surface area contributed by atoms with Crippen LogP contribution in [0.1, 0.15) is 29.3 Å². The van der Waals surface area contributed by atoms with E-state index in [2.05, 4.69) is 103 Å². The predicted molar refractivity (Wildman–Crippen MR) is 150 cm³/mol. The monoisotopic (exact) mass is 453 g/mol. The number of aryl methyl sites for hydroxylation is 1. The Balaban J connectivity index is 1.44. The molecule has 0 atom stereocenters. The number of para-hydroxylation sites is 1. The number of fused-ring (bicyclic) bond motifs is 6. The molecule has 2 nitrogen and oxygen atoms in total. The lowest BCUT2D eigenvalue weighted by Gasteiger charge is -2.04. The molecule has 0 amide bonds. The molecule has 0 radical (unpaired) electrons. The highest BCUT2D eigenvalue weighted by molar-refractivity contribution is 6.06. The largest absolute Gasteiger partial charge is 0.456 e. The summed E-state index contributed by atoms with van der Waals surface area (Å²) in [5.74, 6) is 0. The molecule has 6 rings (SSSR count). The van der Waals surface area contributed by atoms with Gasteiger partial charge in [-0.05, 0) is 79.5 Å². The zero-order valence-corrected chi connectivity index (χ0v) is 20.0. The SMILES string of the molecule is C\C=C/C=C\C=C\n1c2c(c3cc(C)ccc31)CC=C(c1ccc3oc4ccccc4c3c1)C=C2. The van der Waals surface area contributed by atoms with Crippen LogP contribution in [-0.2, 0) is 6.42 Å². The maximum atomic E-state index is 6.04. The van der Waals surface area contributed by atoms with E-state index in [9.17, 15) is 0 Å². The molecule has 0 unspecified atom stereocenters. The summed E-state index contributed by atoms with van der Waals surface area (Å²) in [4.78, 5) is 0. The van der Waals surface area contributed by atoms with Gasteiger partial charge in [0.1, 0.15) is 11.2 Å². The first-order valence-corrected chi connectivity index (χ1v) is 12.1. The Morgan fingerprint density at radius 2 is 1.66 bits per heavy atom. The quantitative estimate of drug-likeness (QED) is 0.248.